The molecule has 10 heteroatoms. The van der Waals surface area contributed by atoms with Gasteiger partial charge in [0, 0.05) is 45.4 Å². The van der Waals surface area contributed by atoms with Crippen molar-refractivity contribution >= 4 is 44.2 Å². The quantitative estimate of drug-likeness (QED) is 0.271. The van der Waals surface area contributed by atoms with E-state index in [4.69, 9.17) is 0 Å². The normalized spacial score (nSPS) is 13.5. The Morgan fingerprint density at radius 1 is 1.19 bits per heavy atom. The van der Waals surface area contributed by atoms with Gasteiger partial charge in [0.2, 0.25) is 11.8 Å². The fraction of sp³-hybridized carbons (Fsp3) is 0.143. The van der Waals surface area contributed by atoms with E-state index in [2.05, 4.69) is 35.8 Å². The van der Waals surface area contributed by atoms with Gasteiger partial charge in [-0.15, -0.1) is 0 Å². The molecule has 1 aliphatic carbocycles. The summed E-state index contributed by atoms with van der Waals surface area (Å²) in [5, 5.41) is 14.7. The summed E-state index contributed by atoms with van der Waals surface area (Å²) in [7, 11) is 0. The molecule has 1 N–H and O–H groups in total. The zero-order chi connectivity index (χ0) is 21.7. The standard InChI is InChI=1S/C21H14BrF2N5O2/c22-15-8-16(24)20(29(30)31)9-18(15)27-21-25-6-5-17(26-21)14-10-28(12-2-3-12)19-4-1-11(23)7-13(14)19/h1,4-10,12H,2-3H2,(H,25,26,27). The molecule has 1 saturated carbocycles. The van der Waals surface area contributed by atoms with E-state index in [-0.39, 0.29) is 21.9 Å². The summed E-state index contributed by atoms with van der Waals surface area (Å²) in [5.41, 5.74) is 1.85. The lowest BCUT2D eigenvalue weighted by atomic mass is 10.1. The van der Waals surface area contributed by atoms with Gasteiger partial charge in [-0.1, -0.05) is 0 Å². The Labute approximate surface area is 183 Å². The number of aromatic nitrogens is 3. The highest BCUT2D eigenvalue weighted by molar-refractivity contribution is 9.10. The molecule has 1 aliphatic rings. The van der Waals surface area contributed by atoms with Crippen LogP contribution in [0.25, 0.3) is 22.2 Å². The summed E-state index contributed by atoms with van der Waals surface area (Å²) in [6.45, 7) is 0. The summed E-state index contributed by atoms with van der Waals surface area (Å²) in [6, 6.07) is 8.89. The molecule has 2 aromatic heterocycles. The second-order valence-corrected chi connectivity index (χ2v) is 8.13. The van der Waals surface area contributed by atoms with E-state index in [1.807, 2.05) is 6.20 Å². The van der Waals surface area contributed by atoms with Crippen LogP contribution in [0.1, 0.15) is 18.9 Å². The lowest BCUT2D eigenvalue weighted by Crippen LogP contribution is -2.01. The summed E-state index contributed by atoms with van der Waals surface area (Å²) in [6.07, 6.45) is 5.66. The Bertz CT molecular complexity index is 1350. The second-order valence-electron chi connectivity index (χ2n) is 7.27. The van der Waals surface area contributed by atoms with Crippen molar-refractivity contribution in [2.45, 2.75) is 18.9 Å². The van der Waals surface area contributed by atoms with Crippen molar-refractivity contribution in [2.24, 2.45) is 0 Å². The summed E-state index contributed by atoms with van der Waals surface area (Å²) in [4.78, 5) is 18.9. The van der Waals surface area contributed by atoms with E-state index < -0.39 is 16.4 Å². The van der Waals surface area contributed by atoms with Gasteiger partial charge in [0.1, 0.15) is 5.82 Å². The zero-order valence-electron chi connectivity index (χ0n) is 15.8. The lowest BCUT2D eigenvalue weighted by Gasteiger charge is -2.08. The monoisotopic (exact) mass is 485 g/mol. The predicted molar refractivity (Wildman–Crippen MR) is 115 cm³/mol. The molecule has 0 amide bonds. The number of rotatable bonds is 5. The maximum atomic E-state index is 14.0. The van der Waals surface area contributed by atoms with Gasteiger partial charge < -0.3 is 9.88 Å². The molecule has 0 bridgehead atoms. The molecule has 0 spiro atoms. The van der Waals surface area contributed by atoms with Crippen LogP contribution in [0, 0.1) is 21.7 Å². The van der Waals surface area contributed by atoms with Crippen LogP contribution in [0.4, 0.5) is 26.1 Å². The van der Waals surface area contributed by atoms with Gasteiger partial charge in [0.25, 0.3) is 0 Å². The molecule has 2 aromatic carbocycles. The fourth-order valence-corrected chi connectivity index (χ4v) is 3.96. The number of hydrogen-bond donors (Lipinski definition) is 1. The number of benzene rings is 2. The van der Waals surface area contributed by atoms with Crippen molar-refractivity contribution in [1.29, 1.82) is 0 Å². The fourth-order valence-electron chi connectivity index (χ4n) is 3.55. The van der Waals surface area contributed by atoms with Crippen LogP contribution in [0.2, 0.25) is 0 Å². The van der Waals surface area contributed by atoms with E-state index in [0.29, 0.717) is 11.7 Å². The maximum absolute atomic E-state index is 14.0. The third-order valence-electron chi connectivity index (χ3n) is 5.15. The average Bonchev–Trinajstić information content (AvgIpc) is 3.51. The third-order valence-corrected chi connectivity index (χ3v) is 5.80. The van der Waals surface area contributed by atoms with Gasteiger partial charge in [0.15, 0.2) is 0 Å². The van der Waals surface area contributed by atoms with Gasteiger partial charge in [-0.2, -0.15) is 4.39 Å². The van der Waals surface area contributed by atoms with Gasteiger partial charge in [-0.05, 0) is 59.1 Å². The highest BCUT2D eigenvalue weighted by Gasteiger charge is 2.26. The first-order chi connectivity index (χ1) is 14.9. The Hall–Kier alpha value is -3.40. The molecule has 0 unspecified atom stereocenters. The van der Waals surface area contributed by atoms with E-state index in [0.717, 1.165) is 41.4 Å². The molecule has 0 saturated heterocycles. The number of fused-ring (bicyclic) bond motifs is 1. The molecule has 156 valence electrons. The summed E-state index contributed by atoms with van der Waals surface area (Å²) < 4.78 is 30.2. The van der Waals surface area contributed by atoms with Crippen LogP contribution in [-0.4, -0.2) is 19.5 Å². The zero-order valence-corrected chi connectivity index (χ0v) is 17.4. The van der Waals surface area contributed by atoms with Crippen LogP contribution in [0.5, 0.6) is 0 Å². The van der Waals surface area contributed by atoms with Crippen molar-refractivity contribution in [3.05, 3.63) is 75.0 Å². The maximum Gasteiger partial charge on any atom is 0.306 e. The second kappa shape index (κ2) is 7.38. The van der Waals surface area contributed by atoms with Gasteiger partial charge in [-0.3, -0.25) is 10.1 Å². The predicted octanol–water partition coefficient (Wildman–Crippen LogP) is 6.13. The first kappa shape index (κ1) is 19.6. The van der Waals surface area contributed by atoms with Crippen molar-refractivity contribution in [3.8, 4) is 11.3 Å². The Balaban J connectivity index is 1.56. The number of nitrogens with zero attached hydrogens (tertiary/aromatic N) is 4. The highest BCUT2D eigenvalue weighted by Crippen LogP contribution is 2.41. The number of nitro benzene ring substituents is 1. The highest BCUT2D eigenvalue weighted by atomic mass is 79.9. The smallest absolute Gasteiger partial charge is 0.306 e. The lowest BCUT2D eigenvalue weighted by molar-refractivity contribution is -0.387. The average molecular weight is 486 g/mol. The topological polar surface area (TPSA) is 85.9 Å². The summed E-state index contributed by atoms with van der Waals surface area (Å²) in [5.74, 6) is -1.12. The largest absolute Gasteiger partial charge is 0.344 e. The van der Waals surface area contributed by atoms with Crippen molar-refractivity contribution in [1.82, 2.24) is 14.5 Å². The molecule has 31 heavy (non-hydrogen) atoms. The molecule has 2 heterocycles. The van der Waals surface area contributed by atoms with Crippen LogP contribution in [-0.2, 0) is 0 Å². The minimum absolute atomic E-state index is 0.169. The molecule has 0 aliphatic heterocycles. The molecule has 4 aromatic rings. The van der Waals surface area contributed by atoms with E-state index in [9.17, 15) is 18.9 Å². The van der Waals surface area contributed by atoms with E-state index >= 15 is 0 Å². The first-order valence-electron chi connectivity index (χ1n) is 9.44. The van der Waals surface area contributed by atoms with Gasteiger partial charge >= 0.3 is 5.69 Å². The number of halogens is 3. The minimum Gasteiger partial charge on any atom is -0.344 e. The Kier molecular flexibility index (Phi) is 4.66. The van der Waals surface area contributed by atoms with Gasteiger partial charge in [0.05, 0.1) is 16.3 Å². The van der Waals surface area contributed by atoms with E-state index in [1.54, 1.807) is 12.1 Å². The van der Waals surface area contributed by atoms with Crippen LogP contribution >= 0.6 is 15.9 Å². The van der Waals surface area contributed by atoms with Crippen LogP contribution in [0.3, 0.4) is 0 Å². The first-order valence-corrected chi connectivity index (χ1v) is 10.2. The molecular formula is C21H14BrF2N5O2. The number of hydrogen-bond acceptors (Lipinski definition) is 5. The third kappa shape index (κ3) is 3.63. The summed E-state index contributed by atoms with van der Waals surface area (Å²) >= 11 is 3.19. The SMILES string of the molecule is O=[N+]([O-])c1cc(Nc2nccc(-c3cn(C4CC4)c4ccc(F)cc34)n2)c(Br)cc1F. The molecule has 5 rings (SSSR count). The van der Waals surface area contributed by atoms with Crippen molar-refractivity contribution in [2.75, 3.05) is 5.32 Å². The van der Waals surface area contributed by atoms with Crippen LogP contribution < -0.4 is 5.32 Å². The molecule has 0 atom stereocenters. The van der Waals surface area contributed by atoms with Gasteiger partial charge in [-0.25, -0.2) is 14.4 Å². The molecule has 0 radical (unpaired) electrons. The van der Waals surface area contributed by atoms with E-state index in [1.165, 1.54) is 18.3 Å². The Morgan fingerprint density at radius 2 is 2.00 bits per heavy atom. The Morgan fingerprint density at radius 3 is 2.74 bits per heavy atom. The number of nitro groups is 1. The molecule has 7 nitrogen and oxygen atoms in total. The number of anilines is 2. The molecule has 1 fully saturated rings. The van der Waals surface area contributed by atoms with Crippen molar-refractivity contribution in [3.63, 3.8) is 0 Å². The number of nitrogens with one attached hydrogen (secondary N) is 1. The van der Waals surface area contributed by atoms with Crippen molar-refractivity contribution < 1.29 is 13.7 Å². The molecular weight excluding hydrogens is 472 g/mol. The minimum atomic E-state index is -0.952. The van der Waals surface area contributed by atoms with Crippen LogP contribution in [0.15, 0.2) is 53.3 Å².